The zero-order chi connectivity index (χ0) is 18.6. The van der Waals surface area contributed by atoms with Crippen LogP contribution < -0.4 is 0 Å². The van der Waals surface area contributed by atoms with Gasteiger partial charge in [0, 0.05) is 5.70 Å². The second kappa shape index (κ2) is 8.42. The molecule has 6 heteroatoms. The zero-order valence-electron chi connectivity index (χ0n) is 15.8. The summed E-state index contributed by atoms with van der Waals surface area (Å²) in [6.45, 7) is 1.97. The predicted octanol–water partition coefficient (Wildman–Crippen LogP) is 3.15. The Labute approximate surface area is 160 Å². The number of carbonyl (C=O) groups excluding carboxylic acids is 1. The van der Waals surface area contributed by atoms with Crippen LogP contribution in [0.5, 0.6) is 0 Å². The Morgan fingerprint density at radius 1 is 1.19 bits per heavy atom. The summed E-state index contributed by atoms with van der Waals surface area (Å²) in [4.78, 5) is 14.7. The number of hydrogen-bond acceptors (Lipinski definition) is 6. The molecule has 0 amide bonds. The van der Waals surface area contributed by atoms with E-state index < -0.39 is 0 Å². The highest BCUT2D eigenvalue weighted by Gasteiger charge is 2.41. The lowest BCUT2D eigenvalue weighted by molar-refractivity contribution is -0.137. The maximum absolute atomic E-state index is 12.4. The van der Waals surface area contributed by atoms with E-state index in [9.17, 15) is 4.79 Å². The molecular formula is C21H27NO5. The van der Waals surface area contributed by atoms with E-state index in [0.29, 0.717) is 26.2 Å². The number of hydrogen-bond donors (Lipinski definition) is 0. The molecule has 0 aromatic heterocycles. The Morgan fingerprint density at radius 2 is 1.96 bits per heavy atom. The van der Waals surface area contributed by atoms with Crippen molar-refractivity contribution in [1.82, 2.24) is 4.90 Å². The Hall–Kier alpha value is -1.89. The van der Waals surface area contributed by atoms with Gasteiger partial charge < -0.3 is 23.8 Å². The van der Waals surface area contributed by atoms with E-state index in [1.807, 2.05) is 18.2 Å². The molecule has 0 spiro atoms. The third-order valence-electron chi connectivity index (χ3n) is 5.55. The van der Waals surface area contributed by atoms with Gasteiger partial charge in [-0.25, -0.2) is 4.79 Å². The Balaban J connectivity index is 1.57. The van der Waals surface area contributed by atoms with Crippen LogP contribution in [0.25, 0.3) is 0 Å². The maximum Gasteiger partial charge on any atom is 0.335 e. The number of fused-ring (bicyclic) bond motifs is 1. The predicted molar refractivity (Wildman–Crippen MR) is 98.6 cm³/mol. The van der Waals surface area contributed by atoms with Crippen LogP contribution in [0.15, 0.2) is 41.6 Å². The van der Waals surface area contributed by atoms with Crippen LogP contribution in [0.1, 0.15) is 43.7 Å². The Kier molecular flexibility index (Phi) is 5.76. The number of allylic oxidation sites excluding steroid dienone is 1. The molecule has 2 fully saturated rings. The lowest BCUT2D eigenvalue weighted by Crippen LogP contribution is -2.37. The van der Waals surface area contributed by atoms with Gasteiger partial charge in [0.15, 0.2) is 6.29 Å². The fraction of sp³-hybridized carbons (Fsp3) is 0.571. The van der Waals surface area contributed by atoms with Crippen molar-refractivity contribution < 1.29 is 23.7 Å². The van der Waals surface area contributed by atoms with Gasteiger partial charge in [-0.15, -0.1) is 0 Å². The molecule has 1 aromatic carbocycles. The third kappa shape index (κ3) is 3.88. The van der Waals surface area contributed by atoms with Gasteiger partial charge in [0.25, 0.3) is 0 Å². The van der Waals surface area contributed by atoms with Gasteiger partial charge in [-0.2, -0.15) is 0 Å². The summed E-state index contributed by atoms with van der Waals surface area (Å²) >= 11 is 0. The molecule has 27 heavy (non-hydrogen) atoms. The molecule has 0 radical (unpaired) electrons. The number of nitrogens with zero attached hydrogens (tertiary/aromatic N) is 1. The second-order valence-electron chi connectivity index (χ2n) is 7.14. The van der Waals surface area contributed by atoms with Gasteiger partial charge in [0.05, 0.1) is 38.5 Å². The number of methoxy groups -OCH3 is 1. The van der Waals surface area contributed by atoms with Crippen LogP contribution in [0.3, 0.4) is 0 Å². The minimum atomic E-state index is -0.226. The van der Waals surface area contributed by atoms with E-state index in [4.69, 9.17) is 18.9 Å². The van der Waals surface area contributed by atoms with Crippen molar-refractivity contribution in [3.05, 3.63) is 47.2 Å². The molecule has 2 atom stereocenters. The van der Waals surface area contributed by atoms with Crippen molar-refractivity contribution in [2.24, 2.45) is 0 Å². The molecule has 0 saturated carbocycles. The molecule has 2 saturated heterocycles. The number of ether oxygens (including phenoxy) is 4. The molecule has 3 aliphatic heterocycles. The van der Waals surface area contributed by atoms with Crippen molar-refractivity contribution in [3.63, 3.8) is 0 Å². The summed E-state index contributed by atoms with van der Waals surface area (Å²) in [5.74, 6) is -0.226. The minimum absolute atomic E-state index is 0.0255. The fourth-order valence-corrected chi connectivity index (χ4v) is 4.28. The standard InChI is InChI=1S/C21H27NO5/c1-24-21(23)16-10-11-19-22(17(16)8-5-9-20-25-12-13-26-20)18(14-27-19)15-6-3-2-4-7-15/h2-4,6-7,18-20H,5,8-14H2,1H3/t18-,19+/m1/s1. The maximum atomic E-state index is 12.4. The molecular weight excluding hydrogens is 346 g/mol. The molecule has 4 rings (SSSR count). The van der Waals surface area contributed by atoms with Crippen LogP contribution in [0, 0.1) is 0 Å². The van der Waals surface area contributed by atoms with E-state index in [1.165, 1.54) is 12.7 Å². The van der Waals surface area contributed by atoms with Crippen LogP contribution in [-0.4, -0.2) is 50.3 Å². The number of esters is 1. The summed E-state index contributed by atoms with van der Waals surface area (Å²) in [5.41, 5.74) is 3.06. The van der Waals surface area contributed by atoms with E-state index in [2.05, 4.69) is 17.0 Å². The molecule has 146 valence electrons. The first-order valence-corrected chi connectivity index (χ1v) is 9.76. The Bertz CT molecular complexity index is 683. The van der Waals surface area contributed by atoms with E-state index in [-0.39, 0.29) is 24.5 Å². The van der Waals surface area contributed by atoms with Gasteiger partial charge in [0.1, 0.15) is 6.23 Å². The summed E-state index contributed by atoms with van der Waals surface area (Å²) in [5, 5.41) is 0. The molecule has 0 N–H and O–H groups in total. The van der Waals surface area contributed by atoms with Crippen LogP contribution in [0.4, 0.5) is 0 Å². The highest BCUT2D eigenvalue weighted by atomic mass is 16.7. The second-order valence-corrected chi connectivity index (χ2v) is 7.14. The van der Waals surface area contributed by atoms with Crippen LogP contribution in [0.2, 0.25) is 0 Å². The van der Waals surface area contributed by atoms with Gasteiger partial charge in [0.2, 0.25) is 0 Å². The smallest absolute Gasteiger partial charge is 0.335 e. The van der Waals surface area contributed by atoms with Gasteiger partial charge in [-0.1, -0.05) is 30.3 Å². The highest BCUT2D eigenvalue weighted by molar-refractivity contribution is 5.89. The first-order chi connectivity index (χ1) is 13.3. The minimum Gasteiger partial charge on any atom is -0.466 e. The molecule has 6 nitrogen and oxygen atoms in total. The number of benzene rings is 1. The summed E-state index contributed by atoms with van der Waals surface area (Å²) in [7, 11) is 1.45. The summed E-state index contributed by atoms with van der Waals surface area (Å²) < 4.78 is 22.3. The van der Waals surface area contributed by atoms with Crippen molar-refractivity contribution in [2.75, 3.05) is 26.9 Å². The molecule has 0 aliphatic carbocycles. The lowest BCUT2D eigenvalue weighted by Gasteiger charge is -2.37. The first-order valence-electron chi connectivity index (χ1n) is 9.76. The molecule has 3 aliphatic rings. The van der Waals surface area contributed by atoms with Crippen molar-refractivity contribution in [3.8, 4) is 0 Å². The number of rotatable bonds is 6. The van der Waals surface area contributed by atoms with E-state index in [1.54, 1.807) is 0 Å². The SMILES string of the molecule is COC(=O)C1=C(CCCC2OCCO2)N2[C@H](CC1)OC[C@@H]2c1ccccc1. The topological polar surface area (TPSA) is 57.2 Å². The summed E-state index contributed by atoms with van der Waals surface area (Å²) in [6, 6.07) is 10.5. The average molecular weight is 373 g/mol. The molecule has 1 aromatic rings. The Morgan fingerprint density at radius 3 is 2.70 bits per heavy atom. The summed E-state index contributed by atoms with van der Waals surface area (Å²) in [6.07, 6.45) is 3.92. The van der Waals surface area contributed by atoms with Gasteiger partial charge in [-0.05, 0) is 37.7 Å². The first kappa shape index (κ1) is 18.5. The van der Waals surface area contributed by atoms with Crippen LogP contribution >= 0.6 is 0 Å². The largest absolute Gasteiger partial charge is 0.466 e. The monoisotopic (exact) mass is 373 g/mol. The average Bonchev–Trinajstić information content (AvgIpc) is 3.38. The lowest BCUT2D eigenvalue weighted by atomic mass is 9.95. The van der Waals surface area contributed by atoms with Gasteiger partial charge in [-0.3, -0.25) is 0 Å². The number of carbonyl (C=O) groups is 1. The zero-order valence-corrected chi connectivity index (χ0v) is 15.8. The molecule has 0 bridgehead atoms. The third-order valence-corrected chi connectivity index (χ3v) is 5.55. The van der Waals surface area contributed by atoms with E-state index >= 15 is 0 Å². The fourth-order valence-electron chi connectivity index (χ4n) is 4.28. The quantitative estimate of drug-likeness (QED) is 0.714. The van der Waals surface area contributed by atoms with Gasteiger partial charge >= 0.3 is 5.97 Å². The van der Waals surface area contributed by atoms with Crippen molar-refractivity contribution >= 4 is 5.97 Å². The van der Waals surface area contributed by atoms with Crippen molar-refractivity contribution in [1.29, 1.82) is 0 Å². The molecule has 0 unspecified atom stereocenters. The molecule has 3 heterocycles. The van der Waals surface area contributed by atoms with Crippen LogP contribution in [-0.2, 0) is 23.7 Å². The highest BCUT2D eigenvalue weighted by Crippen LogP contribution is 2.42. The normalized spacial score (nSPS) is 25.7. The van der Waals surface area contributed by atoms with E-state index in [0.717, 1.165) is 37.0 Å². The van der Waals surface area contributed by atoms with Crippen molar-refractivity contribution in [2.45, 2.75) is 50.7 Å².